The zero-order valence-electron chi connectivity index (χ0n) is 12.4. The summed E-state index contributed by atoms with van der Waals surface area (Å²) in [6.45, 7) is 4.02. The van der Waals surface area contributed by atoms with Crippen LogP contribution >= 0.6 is 11.3 Å². The standard InChI is InChI=1S/C17H16N4S/c1-12(15-9-6-10-18-11-15)20-21-17-19-16(13(2)22-17)14-7-4-3-5-8-14/h3-11H,1-2H3,(H,19,21)/b20-12-. The van der Waals surface area contributed by atoms with Gasteiger partial charge in [-0.1, -0.05) is 36.4 Å². The van der Waals surface area contributed by atoms with Crippen LogP contribution in [0.5, 0.6) is 0 Å². The fourth-order valence-electron chi connectivity index (χ4n) is 2.08. The Kier molecular flexibility index (Phi) is 4.25. The van der Waals surface area contributed by atoms with E-state index >= 15 is 0 Å². The third-order valence-corrected chi connectivity index (χ3v) is 4.12. The average molecular weight is 308 g/mol. The Labute approximate surface area is 133 Å². The van der Waals surface area contributed by atoms with E-state index in [2.05, 4.69) is 39.6 Å². The Morgan fingerprint density at radius 3 is 2.68 bits per heavy atom. The predicted molar refractivity (Wildman–Crippen MR) is 92.4 cm³/mol. The Hall–Kier alpha value is -2.53. The van der Waals surface area contributed by atoms with Crippen LogP contribution in [0.1, 0.15) is 17.4 Å². The van der Waals surface area contributed by atoms with Crippen LogP contribution in [-0.4, -0.2) is 15.7 Å². The van der Waals surface area contributed by atoms with Crippen LogP contribution in [0, 0.1) is 6.92 Å². The molecule has 0 saturated carbocycles. The summed E-state index contributed by atoms with van der Waals surface area (Å²) < 4.78 is 0. The minimum Gasteiger partial charge on any atom is -0.264 e. The van der Waals surface area contributed by atoms with Crippen molar-refractivity contribution in [2.45, 2.75) is 13.8 Å². The minimum atomic E-state index is 0.791. The second-order valence-corrected chi connectivity index (χ2v) is 6.04. The lowest BCUT2D eigenvalue weighted by Gasteiger charge is -2.00. The molecule has 0 spiro atoms. The number of hydrogen-bond acceptors (Lipinski definition) is 5. The van der Waals surface area contributed by atoms with E-state index in [4.69, 9.17) is 0 Å². The largest absolute Gasteiger partial charge is 0.264 e. The lowest BCUT2D eigenvalue weighted by atomic mass is 10.1. The van der Waals surface area contributed by atoms with Crippen LogP contribution in [0.2, 0.25) is 0 Å². The lowest BCUT2D eigenvalue weighted by molar-refractivity contribution is 1.25. The quantitative estimate of drug-likeness (QED) is 0.576. The number of aromatic nitrogens is 2. The normalized spacial score (nSPS) is 11.5. The van der Waals surface area contributed by atoms with E-state index < -0.39 is 0 Å². The highest BCUT2D eigenvalue weighted by Gasteiger charge is 2.09. The highest BCUT2D eigenvalue weighted by atomic mass is 32.1. The molecule has 22 heavy (non-hydrogen) atoms. The molecule has 0 fully saturated rings. The van der Waals surface area contributed by atoms with Gasteiger partial charge < -0.3 is 0 Å². The Balaban J connectivity index is 1.80. The Morgan fingerprint density at radius 1 is 1.14 bits per heavy atom. The summed E-state index contributed by atoms with van der Waals surface area (Å²) in [4.78, 5) is 9.90. The number of nitrogens with zero attached hydrogens (tertiary/aromatic N) is 3. The molecule has 2 aromatic heterocycles. The first-order valence-electron chi connectivity index (χ1n) is 6.97. The van der Waals surface area contributed by atoms with E-state index in [-0.39, 0.29) is 0 Å². The van der Waals surface area contributed by atoms with E-state index in [1.54, 1.807) is 23.7 Å². The number of pyridine rings is 1. The van der Waals surface area contributed by atoms with Crippen molar-refractivity contribution in [3.63, 3.8) is 0 Å². The number of nitrogens with one attached hydrogen (secondary N) is 1. The second kappa shape index (κ2) is 6.49. The molecular weight excluding hydrogens is 292 g/mol. The van der Waals surface area contributed by atoms with Gasteiger partial charge >= 0.3 is 0 Å². The van der Waals surface area contributed by atoms with Gasteiger partial charge in [0.1, 0.15) is 0 Å². The zero-order valence-corrected chi connectivity index (χ0v) is 13.3. The molecule has 0 atom stereocenters. The van der Waals surface area contributed by atoms with Gasteiger partial charge in [-0.25, -0.2) is 4.98 Å². The summed E-state index contributed by atoms with van der Waals surface area (Å²) in [6, 6.07) is 14.1. The maximum atomic E-state index is 4.63. The van der Waals surface area contributed by atoms with Crippen LogP contribution in [0.25, 0.3) is 11.3 Å². The fraction of sp³-hybridized carbons (Fsp3) is 0.118. The van der Waals surface area contributed by atoms with Crippen molar-refractivity contribution < 1.29 is 0 Å². The van der Waals surface area contributed by atoms with Gasteiger partial charge in [0.2, 0.25) is 5.13 Å². The lowest BCUT2D eigenvalue weighted by Crippen LogP contribution is -1.99. The number of thiazole rings is 1. The summed E-state index contributed by atoms with van der Waals surface area (Å²) in [5.41, 5.74) is 7.04. The topological polar surface area (TPSA) is 50.2 Å². The fourth-order valence-corrected chi connectivity index (χ4v) is 2.86. The molecule has 0 bridgehead atoms. The molecule has 110 valence electrons. The predicted octanol–water partition coefficient (Wildman–Crippen LogP) is 4.35. The van der Waals surface area contributed by atoms with Gasteiger partial charge in [0.05, 0.1) is 11.4 Å². The summed E-state index contributed by atoms with van der Waals surface area (Å²) in [5, 5.41) is 5.18. The Bertz CT molecular complexity index is 779. The molecule has 1 aromatic carbocycles. The molecule has 0 unspecified atom stereocenters. The van der Waals surface area contributed by atoms with Gasteiger partial charge in [0, 0.05) is 28.4 Å². The van der Waals surface area contributed by atoms with Crippen molar-refractivity contribution >= 4 is 22.2 Å². The molecule has 5 heteroatoms. The van der Waals surface area contributed by atoms with E-state index in [0.29, 0.717) is 0 Å². The van der Waals surface area contributed by atoms with Crippen LogP contribution in [0.15, 0.2) is 60.0 Å². The maximum Gasteiger partial charge on any atom is 0.204 e. The average Bonchev–Trinajstić information content (AvgIpc) is 2.95. The van der Waals surface area contributed by atoms with Crippen molar-refractivity contribution in [3.05, 3.63) is 65.3 Å². The first-order chi connectivity index (χ1) is 10.7. The summed E-state index contributed by atoms with van der Waals surface area (Å²) in [5.74, 6) is 0. The van der Waals surface area contributed by atoms with Gasteiger partial charge in [0.25, 0.3) is 0 Å². The number of hydrazone groups is 1. The monoisotopic (exact) mass is 308 g/mol. The molecule has 2 heterocycles. The van der Waals surface area contributed by atoms with Crippen molar-refractivity contribution in [3.8, 4) is 11.3 Å². The number of hydrogen-bond donors (Lipinski definition) is 1. The number of rotatable bonds is 4. The molecule has 0 aliphatic carbocycles. The third kappa shape index (κ3) is 3.20. The highest BCUT2D eigenvalue weighted by Crippen LogP contribution is 2.30. The van der Waals surface area contributed by atoms with Gasteiger partial charge in [-0.05, 0) is 19.9 Å². The zero-order chi connectivity index (χ0) is 15.4. The summed E-state index contributed by atoms with van der Waals surface area (Å²) in [6.07, 6.45) is 3.55. The molecule has 0 aliphatic heterocycles. The van der Waals surface area contributed by atoms with E-state index in [0.717, 1.165) is 27.7 Å². The number of benzene rings is 1. The van der Waals surface area contributed by atoms with E-state index in [9.17, 15) is 0 Å². The molecule has 0 radical (unpaired) electrons. The Morgan fingerprint density at radius 2 is 1.95 bits per heavy atom. The van der Waals surface area contributed by atoms with Crippen LogP contribution in [-0.2, 0) is 0 Å². The van der Waals surface area contributed by atoms with Gasteiger partial charge in [0.15, 0.2) is 0 Å². The number of anilines is 1. The maximum absolute atomic E-state index is 4.63. The minimum absolute atomic E-state index is 0.791. The van der Waals surface area contributed by atoms with Gasteiger partial charge in [-0.3, -0.25) is 10.4 Å². The van der Waals surface area contributed by atoms with Gasteiger partial charge in [-0.15, -0.1) is 11.3 Å². The van der Waals surface area contributed by atoms with Crippen molar-refractivity contribution in [2.75, 3.05) is 5.43 Å². The molecule has 3 aromatic rings. The summed E-state index contributed by atoms with van der Waals surface area (Å²) in [7, 11) is 0. The van der Waals surface area contributed by atoms with Crippen LogP contribution in [0.4, 0.5) is 5.13 Å². The van der Waals surface area contributed by atoms with Crippen LogP contribution in [0.3, 0.4) is 0 Å². The molecule has 4 nitrogen and oxygen atoms in total. The molecule has 0 amide bonds. The van der Waals surface area contributed by atoms with Crippen molar-refractivity contribution in [2.24, 2.45) is 5.10 Å². The SMILES string of the molecule is C/C(=N/Nc1nc(-c2ccccc2)c(C)s1)c1cccnc1. The van der Waals surface area contributed by atoms with E-state index in [1.807, 2.05) is 37.3 Å². The first-order valence-corrected chi connectivity index (χ1v) is 7.79. The molecule has 1 N–H and O–H groups in total. The number of aryl methyl sites for hydroxylation is 1. The van der Waals surface area contributed by atoms with Crippen LogP contribution < -0.4 is 5.43 Å². The first kappa shape index (κ1) is 14.4. The van der Waals surface area contributed by atoms with Crippen molar-refractivity contribution in [1.29, 1.82) is 0 Å². The molecule has 0 aliphatic rings. The highest BCUT2D eigenvalue weighted by molar-refractivity contribution is 7.15. The molecular formula is C17H16N4S. The van der Waals surface area contributed by atoms with E-state index in [1.165, 1.54) is 4.88 Å². The third-order valence-electron chi connectivity index (χ3n) is 3.24. The molecule has 0 saturated heterocycles. The summed E-state index contributed by atoms with van der Waals surface area (Å²) >= 11 is 1.60. The molecule has 3 rings (SSSR count). The smallest absolute Gasteiger partial charge is 0.204 e. The van der Waals surface area contributed by atoms with Crippen molar-refractivity contribution in [1.82, 2.24) is 9.97 Å². The second-order valence-electron chi connectivity index (χ2n) is 4.84. The van der Waals surface area contributed by atoms with Gasteiger partial charge in [-0.2, -0.15) is 5.10 Å².